The summed E-state index contributed by atoms with van der Waals surface area (Å²) in [6, 6.07) is 15.4. The van der Waals surface area contributed by atoms with Crippen molar-refractivity contribution >= 4 is 55.6 Å². The highest BCUT2D eigenvalue weighted by Gasteiger charge is 2.45. The summed E-state index contributed by atoms with van der Waals surface area (Å²) in [4.78, 5) is 23.5. The summed E-state index contributed by atoms with van der Waals surface area (Å²) in [5.41, 5.74) is 1.85. The molecule has 2 aromatic carbocycles. The third-order valence-electron chi connectivity index (χ3n) is 7.38. The van der Waals surface area contributed by atoms with E-state index in [1.54, 1.807) is 0 Å². The summed E-state index contributed by atoms with van der Waals surface area (Å²) in [5.74, 6) is -0.708. The molecule has 0 bridgehead atoms. The van der Waals surface area contributed by atoms with Crippen molar-refractivity contribution in [2.45, 2.75) is 61.5 Å². The molecule has 1 heterocycles. The maximum atomic E-state index is 9.77. The average Bonchev–Trinajstić information content (AvgIpc) is 3.23. The molecule has 0 radical (unpaired) electrons. The molecule has 4 unspecified atom stereocenters. The van der Waals surface area contributed by atoms with Crippen LogP contribution in [-0.2, 0) is 15.0 Å². The summed E-state index contributed by atoms with van der Waals surface area (Å²) in [6.45, 7) is 5.20. The van der Waals surface area contributed by atoms with Gasteiger partial charge in [-0.15, -0.1) is 11.8 Å². The van der Waals surface area contributed by atoms with Crippen molar-refractivity contribution in [3.8, 4) is 5.75 Å². The molecule has 4 rings (SSSR count). The first kappa shape index (κ1) is 31.9. The van der Waals surface area contributed by atoms with Gasteiger partial charge in [0.1, 0.15) is 5.75 Å². The van der Waals surface area contributed by atoms with Gasteiger partial charge in [-0.05, 0) is 112 Å². The maximum Gasteiger partial charge on any atom is 0.335 e. The lowest BCUT2D eigenvalue weighted by molar-refractivity contribution is -0.165. The zero-order valence-electron chi connectivity index (χ0n) is 21.8. The number of carbonyl (C=O) groups is 2. The van der Waals surface area contributed by atoms with Crippen LogP contribution in [0.2, 0.25) is 0 Å². The molecule has 11 heteroatoms. The van der Waals surface area contributed by atoms with E-state index in [1.807, 2.05) is 11.8 Å². The normalized spacial score (nSPS) is 22.5. The van der Waals surface area contributed by atoms with E-state index < -0.39 is 24.1 Å². The lowest BCUT2D eigenvalue weighted by Gasteiger charge is -2.36. The number of halogens is 2. The van der Waals surface area contributed by atoms with Gasteiger partial charge in [-0.1, -0.05) is 24.6 Å². The van der Waals surface area contributed by atoms with E-state index in [2.05, 4.69) is 86.1 Å². The number of benzene rings is 2. The van der Waals surface area contributed by atoms with Crippen LogP contribution in [0.25, 0.3) is 0 Å². The fraction of sp³-hybridized carbons (Fsp3) is 0.500. The van der Waals surface area contributed by atoms with Crippen molar-refractivity contribution in [2.75, 3.05) is 25.6 Å². The Morgan fingerprint density at radius 3 is 2.41 bits per heavy atom. The molecule has 0 aromatic heterocycles. The van der Waals surface area contributed by atoms with Gasteiger partial charge in [0.05, 0.1) is 6.61 Å². The Kier molecular flexibility index (Phi) is 12.1. The molecular formula is C28H35Br2NO7S. The number of thioether (sulfide) groups is 1. The molecule has 8 nitrogen and oxygen atoms in total. The number of hydrogen-bond acceptors (Lipinski definition) is 7. The number of aliphatic hydroxyl groups is 2. The smallest absolute Gasteiger partial charge is 0.335 e. The second-order valence-corrected chi connectivity index (χ2v) is 12.4. The second-order valence-electron chi connectivity index (χ2n) is 9.78. The molecule has 4 N–H and O–H groups in total. The molecule has 0 spiro atoms. The van der Waals surface area contributed by atoms with Crippen LogP contribution in [0.1, 0.15) is 44.6 Å². The molecule has 0 amide bonds. The monoisotopic (exact) mass is 687 g/mol. The Balaban J connectivity index is 0.000000360. The van der Waals surface area contributed by atoms with Crippen LogP contribution in [0.3, 0.4) is 0 Å². The highest BCUT2D eigenvalue weighted by atomic mass is 79.9. The van der Waals surface area contributed by atoms with Gasteiger partial charge in [0.2, 0.25) is 0 Å². The Hall–Kier alpha value is -1.63. The minimum Gasteiger partial charge on any atom is -0.494 e. The standard InChI is InChI=1S/C24H29Br2NOS.C4H6O6/c1-2-28-20-9-3-7-18(15-20)24-12-5-8-19(24)16-27(14-6-13-24)17-29-22-11-4-10-21(25)23(22)26;5-1(3(7)8)2(6)4(9)10/h3-4,7,9-11,15,19H,2,5-6,8,12-14,16-17H2,1H3;1-2,5-6H,(H,7,8)(H,9,10). The minimum atomic E-state index is -2.27. The summed E-state index contributed by atoms with van der Waals surface area (Å²) < 4.78 is 8.12. The van der Waals surface area contributed by atoms with Gasteiger partial charge in [-0.3, -0.25) is 4.90 Å². The highest BCUT2D eigenvalue weighted by Crippen LogP contribution is 2.51. The average molecular weight is 689 g/mol. The molecule has 2 aromatic rings. The number of hydrogen-bond donors (Lipinski definition) is 4. The number of nitrogens with zero attached hydrogens (tertiary/aromatic N) is 1. The number of carboxylic acid groups (broad SMARTS) is 2. The molecule has 214 valence electrons. The molecule has 4 atom stereocenters. The summed E-state index contributed by atoms with van der Waals surface area (Å²) >= 11 is 9.30. The number of aliphatic carboxylic acids is 2. The first-order valence-electron chi connectivity index (χ1n) is 12.9. The van der Waals surface area contributed by atoms with E-state index in [0.29, 0.717) is 5.41 Å². The van der Waals surface area contributed by atoms with Crippen molar-refractivity contribution < 1.29 is 34.8 Å². The first-order chi connectivity index (χ1) is 18.6. The summed E-state index contributed by atoms with van der Waals surface area (Å²) in [6.07, 6.45) is 2.06. The number of fused-ring (bicyclic) bond motifs is 1. The molecule has 2 fully saturated rings. The molecule has 1 aliphatic carbocycles. The van der Waals surface area contributed by atoms with E-state index >= 15 is 0 Å². The number of carboxylic acids is 2. The third-order valence-corrected chi connectivity index (χ3v) is 10.8. The van der Waals surface area contributed by atoms with Crippen molar-refractivity contribution in [2.24, 2.45) is 5.92 Å². The lowest BCUT2D eigenvalue weighted by atomic mass is 9.69. The van der Waals surface area contributed by atoms with Crippen LogP contribution >= 0.6 is 43.6 Å². The molecule has 1 saturated heterocycles. The zero-order valence-corrected chi connectivity index (χ0v) is 25.8. The van der Waals surface area contributed by atoms with Gasteiger partial charge in [0, 0.05) is 26.3 Å². The van der Waals surface area contributed by atoms with Gasteiger partial charge < -0.3 is 25.2 Å². The van der Waals surface area contributed by atoms with E-state index in [4.69, 9.17) is 25.2 Å². The van der Waals surface area contributed by atoms with Gasteiger partial charge >= 0.3 is 11.9 Å². The number of ether oxygens (including phenoxy) is 1. The Labute approximate surface area is 250 Å². The van der Waals surface area contributed by atoms with Gasteiger partial charge in [-0.2, -0.15) is 0 Å². The predicted octanol–water partition coefficient (Wildman–Crippen LogP) is 5.37. The second kappa shape index (κ2) is 14.8. The Morgan fingerprint density at radius 1 is 1.08 bits per heavy atom. The van der Waals surface area contributed by atoms with Gasteiger partial charge in [0.25, 0.3) is 0 Å². The summed E-state index contributed by atoms with van der Waals surface area (Å²) in [5, 5.41) is 32.5. The van der Waals surface area contributed by atoms with E-state index in [-0.39, 0.29) is 0 Å². The van der Waals surface area contributed by atoms with Crippen LogP contribution in [0.4, 0.5) is 0 Å². The van der Waals surface area contributed by atoms with Gasteiger partial charge in [0.15, 0.2) is 12.2 Å². The molecule has 1 aliphatic heterocycles. The predicted molar refractivity (Wildman–Crippen MR) is 157 cm³/mol. The van der Waals surface area contributed by atoms with Crippen LogP contribution in [0, 0.1) is 5.92 Å². The van der Waals surface area contributed by atoms with E-state index in [9.17, 15) is 9.59 Å². The van der Waals surface area contributed by atoms with Crippen molar-refractivity contribution in [3.63, 3.8) is 0 Å². The van der Waals surface area contributed by atoms with Crippen molar-refractivity contribution in [3.05, 3.63) is 57.0 Å². The quantitative estimate of drug-likeness (QED) is 0.257. The largest absolute Gasteiger partial charge is 0.494 e. The maximum absolute atomic E-state index is 9.77. The van der Waals surface area contributed by atoms with E-state index in [1.165, 1.54) is 60.1 Å². The lowest BCUT2D eigenvalue weighted by Crippen LogP contribution is -2.39. The number of likely N-dealkylation sites (tertiary alicyclic amines) is 1. The highest BCUT2D eigenvalue weighted by molar-refractivity contribution is 9.13. The minimum absolute atomic E-state index is 0.336. The van der Waals surface area contributed by atoms with Crippen LogP contribution < -0.4 is 4.74 Å². The first-order valence-corrected chi connectivity index (χ1v) is 15.5. The molecule has 1 saturated carbocycles. The molecule has 2 aliphatic rings. The number of rotatable bonds is 9. The van der Waals surface area contributed by atoms with E-state index in [0.717, 1.165) is 28.6 Å². The Bertz CT molecular complexity index is 1120. The number of aliphatic hydroxyl groups excluding tert-OH is 2. The van der Waals surface area contributed by atoms with Crippen LogP contribution in [-0.4, -0.2) is 75.0 Å². The van der Waals surface area contributed by atoms with Crippen molar-refractivity contribution in [1.29, 1.82) is 0 Å². The zero-order chi connectivity index (χ0) is 28.6. The van der Waals surface area contributed by atoms with Crippen molar-refractivity contribution in [1.82, 2.24) is 4.90 Å². The fourth-order valence-corrected chi connectivity index (χ4v) is 7.56. The van der Waals surface area contributed by atoms with Gasteiger partial charge in [-0.25, -0.2) is 9.59 Å². The SMILES string of the molecule is CCOc1cccc(C23CCCC2CN(CSc2cccc(Br)c2Br)CCC3)c1.O=C(O)C(O)C(O)C(=O)O. The molecule has 39 heavy (non-hydrogen) atoms. The Morgan fingerprint density at radius 2 is 1.74 bits per heavy atom. The summed E-state index contributed by atoms with van der Waals surface area (Å²) in [7, 11) is 0. The molecular weight excluding hydrogens is 654 g/mol. The van der Waals surface area contributed by atoms with Crippen LogP contribution in [0.5, 0.6) is 5.75 Å². The fourth-order valence-electron chi connectivity index (χ4n) is 5.49. The topological polar surface area (TPSA) is 128 Å². The third kappa shape index (κ3) is 8.20. The van der Waals surface area contributed by atoms with Crippen LogP contribution in [0.15, 0.2) is 56.3 Å².